The average molecular weight is 496 g/mol. The molecular weight excluding hydrogens is 465 g/mol. The van der Waals surface area contributed by atoms with Crippen LogP contribution in [0.4, 0.5) is 8.78 Å². The maximum atomic E-state index is 13.4. The van der Waals surface area contributed by atoms with E-state index in [1.807, 2.05) is 34.6 Å². The van der Waals surface area contributed by atoms with Crippen molar-refractivity contribution in [2.45, 2.75) is 46.1 Å². The highest BCUT2D eigenvalue weighted by atomic mass is 127. The standard InChI is InChI=1S/C19H30F2N4O.HI/c1-7-22-18(25(6)12-17(26)24-19(3,4)5)23-11-13(2)14-8-9-15(20)16(21)10-14;/h8-10,13H,7,11-12H2,1-6H3,(H,22,23)(H,24,26);1H. The van der Waals surface area contributed by atoms with Crippen LogP contribution in [0, 0.1) is 11.6 Å². The van der Waals surface area contributed by atoms with E-state index in [9.17, 15) is 13.6 Å². The van der Waals surface area contributed by atoms with Gasteiger partial charge in [0.05, 0.1) is 6.54 Å². The first-order valence-corrected chi connectivity index (χ1v) is 8.79. The summed E-state index contributed by atoms with van der Waals surface area (Å²) in [5, 5.41) is 6.05. The van der Waals surface area contributed by atoms with Gasteiger partial charge in [0.25, 0.3) is 0 Å². The van der Waals surface area contributed by atoms with Crippen molar-refractivity contribution in [3.8, 4) is 0 Å². The van der Waals surface area contributed by atoms with Gasteiger partial charge in [-0.2, -0.15) is 0 Å². The molecule has 0 saturated heterocycles. The van der Waals surface area contributed by atoms with Gasteiger partial charge in [-0.05, 0) is 45.4 Å². The van der Waals surface area contributed by atoms with Crippen molar-refractivity contribution in [2.24, 2.45) is 4.99 Å². The number of nitrogens with zero attached hydrogens (tertiary/aromatic N) is 2. The Bertz CT molecular complexity index is 647. The van der Waals surface area contributed by atoms with Gasteiger partial charge in [0, 0.05) is 31.6 Å². The second-order valence-electron chi connectivity index (χ2n) is 7.42. The Morgan fingerprint density at radius 2 is 1.89 bits per heavy atom. The molecule has 0 aliphatic carbocycles. The monoisotopic (exact) mass is 496 g/mol. The third-order valence-corrected chi connectivity index (χ3v) is 3.62. The Morgan fingerprint density at radius 1 is 1.26 bits per heavy atom. The van der Waals surface area contributed by atoms with E-state index in [1.165, 1.54) is 6.07 Å². The van der Waals surface area contributed by atoms with Crippen LogP contribution >= 0.6 is 24.0 Å². The first-order chi connectivity index (χ1) is 12.0. The fourth-order valence-corrected chi connectivity index (χ4v) is 2.37. The van der Waals surface area contributed by atoms with Gasteiger partial charge >= 0.3 is 0 Å². The second kappa shape index (κ2) is 11.4. The molecule has 2 N–H and O–H groups in total. The molecule has 0 aliphatic rings. The summed E-state index contributed by atoms with van der Waals surface area (Å²) in [6.07, 6.45) is 0. The Kier molecular flexibility index (Phi) is 10.8. The van der Waals surface area contributed by atoms with E-state index in [-0.39, 0.29) is 47.9 Å². The molecule has 0 aromatic heterocycles. The highest BCUT2D eigenvalue weighted by Gasteiger charge is 2.17. The smallest absolute Gasteiger partial charge is 0.240 e. The summed E-state index contributed by atoms with van der Waals surface area (Å²) >= 11 is 0. The first kappa shape index (κ1) is 25.6. The zero-order chi connectivity index (χ0) is 19.9. The van der Waals surface area contributed by atoms with E-state index in [4.69, 9.17) is 0 Å². The summed E-state index contributed by atoms with van der Waals surface area (Å²) in [7, 11) is 1.78. The highest BCUT2D eigenvalue weighted by molar-refractivity contribution is 14.0. The number of halogens is 3. The van der Waals surface area contributed by atoms with Crippen molar-refractivity contribution in [1.29, 1.82) is 0 Å². The minimum absolute atomic E-state index is 0. The summed E-state index contributed by atoms with van der Waals surface area (Å²) in [6.45, 7) is 10.8. The van der Waals surface area contributed by atoms with Crippen LogP contribution in [0.2, 0.25) is 0 Å². The molecule has 1 atom stereocenters. The molecule has 0 fully saturated rings. The van der Waals surface area contributed by atoms with Crippen molar-refractivity contribution in [3.63, 3.8) is 0 Å². The predicted octanol–water partition coefficient (Wildman–Crippen LogP) is 3.50. The fraction of sp³-hybridized carbons (Fsp3) is 0.579. The Balaban J connectivity index is 0.00000676. The van der Waals surface area contributed by atoms with Crippen LogP contribution in [0.3, 0.4) is 0 Å². The van der Waals surface area contributed by atoms with Crippen molar-refractivity contribution < 1.29 is 13.6 Å². The van der Waals surface area contributed by atoms with E-state index in [1.54, 1.807) is 18.0 Å². The summed E-state index contributed by atoms with van der Waals surface area (Å²) < 4.78 is 26.5. The lowest BCUT2D eigenvalue weighted by Crippen LogP contribution is -2.48. The van der Waals surface area contributed by atoms with E-state index < -0.39 is 11.6 Å². The van der Waals surface area contributed by atoms with Crippen LogP contribution in [0.1, 0.15) is 46.1 Å². The van der Waals surface area contributed by atoms with Crippen molar-refractivity contribution in [1.82, 2.24) is 15.5 Å². The number of carbonyl (C=O) groups excluding carboxylic acids is 1. The van der Waals surface area contributed by atoms with Gasteiger partial charge in [-0.15, -0.1) is 24.0 Å². The van der Waals surface area contributed by atoms with Gasteiger partial charge in [0.1, 0.15) is 0 Å². The van der Waals surface area contributed by atoms with Crippen LogP contribution in [0.5, 0.6) is 0 Å². The quantitative estimate of drug-likeness (QED) is 0.360. The maximum absolute atomic E-state index is 13.4. The zero-order valence-electron chi connectivity index (χ0n) is 16.9. The SMILES string of the molecule is CCNC(=NCC(C)c1ccc(F)c(F)c1)N(C)CC(=O)NC(C)(C)C.I. The third-order valence-electron chi connectivity index (χ3n) is 3.62. The molecule has 0 heterocycles. The lowest BCUT2D eigenvalue weighted by Gasteiger charge is -2.25. The summed E-state index contributed by atoms with van der Waals surface area (Å²) in [5.41, 5.74) is 0.380. The van der Waals surface area contributed by atoms with Crippen LogP contribution in [-0.4, -0.2) is 49.0 Å². The largest absolute Gasteiger partial charge is 0.357 e. The zero-order valence-corrected chi connectivity index (χ0v) is 19.2. The summed E-state index contributed by atoms with van der Waals surface area (Å²) in [5.74, 6) is -1.32. The molecule has 1 unspecified atom stereocenters. The minimum Gasteiger partial charge on any atom is -0.357 e. The number of likely N-dealkylation sites (N-methyl/N-ethyl adjacent to an activating group) is 1. The molecule has 1 aromatic rings. The molecule has 8 heteroatoms. The highest BCUT2D eigenvalue weighted by Crippen LogP contribution is 2.18. The molecule has 0 saturated carbocycles. The van der Waals surface area contributed by atoms with Gasteiger partial charge < -0.3 is 15.5 Å². The third kappa shape index (κ3) is 9.34. The minimum atomic E-state index is -0.860. The molecule has 154 valence electrons. The van der Waals surface area contributed by atoms with Gasteiger partial charge in [-0.3, -0.25) is 9.79 Å². The van der Waals surface area contributed by atoms with Crippen LogP contribution in [0.25, 0.3) is 0 Å². The lowest BCUT2D eigenvalue weighted by atomic mass is 10.0. The van der Waals surface area contributed by atoms with Gasteiger partial charge in [-0.1, -0.05) is 13.0 Å². The van der Waals surface area contributed by atoms with Crippen LogP contribution in [0.15, 0.2) is 23.2 Å². The molecule has 0 radical (unpaired) electrons. The number of aliphatic imine (C=N–C) groups is 1. The first-order valence-electron chi connectivity index (χ1n) is 8.79. The van der Waals surface area contributed by atoms with Gasteiger partial charge in [-0.25, -0.2) is 8.78 Å². The molecule has 0 aliphatic heterocycles. The normalized spacial score (nSPS) is 12.8. The average Bonchev–Trinajstić information content (AvgIpc) is 2.51. The summed E-state index contributed by atoms with van der Waals surface area (Å²) in [4.78, 5) is 18.4. The topological polar surface area (TPSA) is 56.7 Å². The molecule has 0 spiro atoms. The fourth-order valence-electron chi connectivity index (χ4n) is 2.37. The maximum Gasteiger partial charge on any atom is 0.240 e. The van der Waals surface area contributed by atoms with Crippen molar-refractivity contribution in [2.75, 3.05) is 26.7 Å². The molecule has 0 bridgehead atoms. The molecule has 27 heavy (non-hydrogen) atoms. The molecule has 1 amide bonds. The number of nitrogens with one attached hydrogen (secondary N) is 2. The predicted molar refractivity (Wildman–Crippen MR) is 117 cm³/mol. The number of guanidine groups is 1. The molecular formula is C19H31F2IN4O. The van der Waals surface area contributed by atoms with Gasteiger partial charge in [0.2, 0.25) is 5.91 Å². The Labute approximate surface area is 178 Å². The Morgan fingerprint density at radius 3 is 2.41 bits per heavy atom. The van der Waals surface area contributed by atoms with Crippen molar-refractivity contribution in [3.05, 3.63) is 35.4 Å². The second-order valence-corrected chi connectivity index (χ2v) is 7.42. The molecule has 1 aromatic carbocycles. The molecule has 5 nitrogen and oxygen atoms in total. The van der Waals surface area contributed by atoms with Gasteiger partial charge in [0.15, 0.2) is 17.6 Å². The van der Waals surface area contributed by atoms with E-state index in [0.717, 1.165) is 6.07 Å². The van der Waals surface area contributed by atoms with Crippen LogP contribution in [-0.2, 0) is 4.79 Å². The van der Waals surface area contributed by atoms with E-state index in [2.05, 4.69) is 15.6 Å². The van der Waals surface area contributed by atoms with Crippen molar-refractivity contribution >= 4 is 35.8 Å². The molecule has 1 rings (SSSR count). The Hall–Kier alpha value is -1.45. The number of carbonyl (C=O) groups is 1. The number of benzene rings is 1. The summed E-state index contributed by atoms with van der Waals surface area (Å²) in [6, 6.07) is 3.88. The van der Waals surface area contributed by atoms with E-state index >= 15 is 0 Å². The number of hydrogen-bond donors (Lipinski definition) is 2. The number of hydrogen-bond acceptors (Lipinski definition) is 2. The van der Waals surface area contributed by atoms with Crippen LogP contribution < -0.4 is 10.6 Å². The lowest BCUT2D eigenvalue weighted by molar-refractivity contribution is -0.122. The van der Waals surface area contributed by atoms with E-state index in [0.29, 0.717) is 24.6 Å². The number of rotatable bonds is 6. The number of amides is 1.